The number of aromatic hydroxyl groups is 2. The molecule has 0 aliphatic rings. The van der Waals surface area contributed by atoms with Crippen molar-refractivity contribution in [2.24, 2.45) is 0 Å². The number of aromatic nitrogens is 1. The number of hydrogen-bond acceptors (Lipinski definition) is 7. The molecule has 0 aliphatic heterocycles. The van der Waals surface area contributed by atoms with E-state index in [0.29, 0.717) is 10.5 Å². The molecule has 1 aromatic rings. The van der Waals surface area contributed by atoms with Crippen LogP contribution in [0.2, 0.25) is 0 Å². The summed E-state index contributed by atoms with van der Waals surface area (Å²) in [5.74, 6) is -1.12. The molecule has 0 saturated heterocycles. The van der Waals surface area contributed by atoms with Gasteiger partial charge in [0.1, 0.15) is 6.61 Å². The van der Waals surface area contributed by atoms with Crippen molar-refractivity contribution < 1.29 is 29.4 Å². The number of carbonyl (C=O) groups is 2. The van der Waals surface area contributed by atoms with E-state index in [9.17, 15) is 19.8 Å². The van der Waals surface area contributed by atoms with E-state index in [1.807, 2.05) is 0 Å². The fraction of sp³-hybridized carbons (Fsp3) is 0.400. The molecule has 1 rings (SSSR count). The van der Waals surface area contributed by atoms with Gasteiger partial charge in [-0.3, -0.25) is 4.79 Å². The summed E-state index contributed by atoms with van der Waals surface area (Å²) in [7, 11) is 0. The van der Waals surface area contributed by atoms with Crippen molar-refractivity contribution in [1.82, 2.24) is 4.73 Å². The zero-order valence-corrected chi connectivity index (χ0v) is 10.5. The highest BCUT2D eigenvalue weighted by Gasteiger charge is 2.12. The Morgan fingerprint density at radius 3 is 2.50 bits per heavy atom. The molecule has 0 unspecified atom stereocenters. The molecule has 1 heterocycles. The van der Waals surface area contributed by atoms with Crippen LogP contribution >= 0.6 is 11.8 Å². The second-order valence-corrected chi connectivity index (χ2v) is 4.47. The number of nitrogens with zero attached hydrogens (tertiary/aromatic N) is 1. The van der Waals surface area contributed by atoms with Crippen LogP contribution in [0.5, 0.6) is 11.8 Å². The van der Waals surface area contributed by atoms with Crippen LogP contribution in [0.15, 0.2) is 12.1 Å². The zero-order chi connectivity index (χ0) is 13.5. The monoisotopic (exact) mass is 275 g/mol. The lowest BCUT2D eigenvalue weighted by Gasteiger charge is -2.07. The van der Waals surface area contributed by atoms with Crippen molar-refractivity contribution in [2.75, 3.05) is 19.0 Å². The van der Waals surface area contributed by atoms with Gasteiger partial charge in [-0.1, -0.05) is 11.8 Å². The summed E-state index contributed by atoms with van der Waals surface area (Å²) in [5.41, 5.74) is 0. The van der Waals surface area contributed by atoms with Crippen LogP contribution in [-0.4, -0.2) is 45.0 Å². The number of rotatable bonds is 6. The average Bonchev–Trinajstić information content (AvgIpc) is 2.60. The quantitative estimate of drug-likeness (QED) is 0.713. The van der Waals surface area contributed by atoms with Crippen molar-refractivity contribution in [2.45, 2.75) is 6.92 Å². The fourth-order valence-electron chi connectivity index (χ4n) is 1.02. The Hall–Kier alpha value is -1.67. The van der Waals surface area contributed by atoms with Gasteiger partial charge in [-0.25, -0.2) is 4.79 Å². The van der Waals surface area contributed by atoms with Gasteiger partial charge in [0, 0.05) is 24.8 Å². The molecular weight excluding hydrogens is 262 g/mol. The molecule has 0 atom stereocenters. The summed E-state index contributed by atoms with van der Waals surface area (Å²) < 4.78 is 5.53. The lowest BCUT2D eigenvalue weighted by molar-refractivity contribution is -0.150. The van der Waals surface area contributed by atoms with E-state index in [4.69, 9.17) is 4.74 Å². The summed E-state index contributed by atoms with van der Waals surface area (Å²) in [5, 5.41) is 18.4. The first-order valence-electron chi connectivity index (χ1n) is 5.02. The number of hydrogen-bond donors (Lipinski definition) is 2. The van der Waals surface area contributed by atoms with Crippen molar-refractivity contribution in [3.63, 3.8) is 0 Å². The smallest absolute Gasteiger partial charge is 0.358 e. The van der Waals surface area contributed by atoms with Gasteiger partial charge in [-0.2, -0.15) is 0 Å². The molecule has 0 fully saturated rings. The van der Waals surface area contributed by atoms with Gasteiger partial charge in [-0.15, -0.1) is 4.73 Å². The molecule has 2 N–H and O–H groups in total. The van der Waals surface area contributed by atoms with E-state index in [2.05, 4.69) is 4.84 Å². The zero-order valence-electron chi connectivity index (χ0n) is 9.66. The van der Waals surface area contributed by atoms with E-state index < -0.39 is 17.7 Å². The molecule has 1 aromatic heterocycles. The third kappa shape index (κ3) is 4.68. The topological polar surface area (TPSA) is 98.0 Å². The van der Waals surface area contributed by atoms with Gasteiger partial charge in [0.2, 0.25) is 11.8 Å². The summed E-state index contributed by atoms with van der Waals surface area (Å²) in [4.78, 5) is 26.5. The van der Waals surface area contributed by atoms with Crippen LogP contribution in [0.25, 0.3) is 0 Å². The molecule has 0 radical (unpaired) electrons. The first kappa shape index (κ1) is 14.4. The third-order valence-corrected chi connectivity index (χ3v) is 2.52. The van der Waals surface area contributed by atoms with Crippen molar-refractivity contribution in [1.29, 1.82) is 0 Å². The SMILES string of the molecule is CC(=O)SCCOCC(=O)On1c(O)ccc1O. The van der Waals surface area contributed by atoms with Gasteiger partial charge >= 0.3 is 5.97 Å². The van der Waals surface area contributed by atoms with Gasteiger partial charge in [-0.05, 0) is 0 Å². The van der Waals surface area contributed by atoms with Crippen LogP contribution in [0, 0.1) is 0 Å². The lowest BCUT2D eigenvalue weighted by Crippen LogP contribution is -2.24. The predicted octanol–water partition coefficient (Wildman–Crippen LogP) is 0.151. The lowest BCUT2D eigenvalue weighted by atomic mass is 10.6. The minimum Gasteiger partial charge on any atom is -0.492 e. The van der Waals surface area contributed by atoms with Gasteiger partial charge in [0.25, 0.3) is 0 Å². The number of thioether (sulfide) groups is 1. The fourth-order valence-corrected chi connectivity index (χ4v) is 1.51. The van der Waals surface area contributed by atoms with Crippen molar-refractivity contribution >= 4 is 22.8 Å². The molecule has 8 heteroatoms. The minimum absolute atomic E-state index is 0.0247. The Morgan fingerprint density at radius 1 is 1.33 bits per heavy atom. The molecule has 7 nitrogen and oxygen atoms in total. The van der Waals surface area contributed by atoms with Crippen LogP contribution < -0.4 is 4.84 Å². The molecule has 0 bridgehead atoms. The van der Waals surface area contributed by atoms with E-state index in [-0.39, 0.29) is 18.3 Å². The summed E-state index contributed by atoms with van der Waals surface area (Å²) in [6.07, 6.45) is 0. The van der Waals surface area contributed by atoms with Crippen molar-refractivity contribution in [3.05, 3.63) is 12.1 Å². The maximum absolute atomic E-state index is 11.2. The maximum Gasteiger partial charge on any atom is 0.358 e. The maximum atomic E-state index is 11.2. The Balaban J connectivity index is 2.24. The van der Waals surface area contributed by atoms with Crippen LogP contribution in [-0.2, 0) is 14.3 Å². The number of ether oxygens (including phenoxy) is 1. The third-order valence-electron chi connectivity index (χ3n) is 1.74. The molecule has 0 amide bonds. The second kappa shape index (κ2) is 6.92. The highest BCUT2D eigenvalue weighted by Crippen LogP contribution is 2.18. The molecule has 0 saturated carbocycles. The largest absolute Gasteiger partial charge is 0.492 e. The highest BCUT2D eigenvalue weighted by molar-refractivity contribution is 8.13. The first-order valence-corrected chi connectivity index (χ1v) is 6.01. The van der Waals surface area contributed by atoms with E-state index in [1.165, 1.54) is 19.1 Å². The van der Waals surface area contributed by atoms with E-state index >= 15 is 0 Å². The minimum atomic E-state index is -0.773. The molecular formula is C10H13NO6S. The second-order valence-electron chi connectivity index (χ2n) is 3.20. The Bertz CT molecular complexity index is 411. The predicted molar refractivity (Wildman–Crippen MR) is 63.3 cm³/mol. The summed E-state index contributed by atoms with van der Waals surface area (Å²) in [6, 6.07) is 2.35. The van der Waals surface area contributed by atoms with Crippen LogP contribution in [0.1, 0.15) is 6.92 Å². The Labute approximate surface area is 107 Å². The summed E-state index contributed by atoms with van der Waals surface area (Å²) >= 11 is 1.09. The molecule has 0 aromatic carbocycles. The molecule has 18 heavy (non-hydrogen) atoms. The normalized spacial score (nSPS) is 10.3. The Kier molecular flexibility index (Phi) is 5.53. The number of carbonyl (C=O) groups excluding carboxylic acids is 2. The van der Waals surface area contributed by atoms with Crippen molar-refractivity contribution in [3.8, 4) is 11.8 Å². The highest BCUT2D eigenvalue weighted by atomic mass is 32.2. The average molecular weight is 275 g/mol. The van der Waals surface area contributed by atoms with Crippen LogP contribution in [0.4, 0.5) is 0 Å². The molecule has 100 valence electrons. The first-order chi connectivity index (χ1) is 8.50. The van der Waals surface area contributed by atoms with Gasteiger partial charge in [0.05, 0.1) is 6.61 Å². The van der Waals surface area contributed by atoms with E-state index in [1.54, 1.807) is 0 Å². The molecule has 0 aliphatic carbocycles. The van der Waals surface area contributed by atoms with Gasteiger partial charge in [0.15, 0.2) is 5.12 Å². The Morgan fingerprint density at radius 2 is 1.94 bits per heavy atom. The standard InChI is InChI=1S/C10H13NO6S/c1-7(12)18-5-4-16-6-10(15)17-11-8(13)2-3-9(11)14/h2-3,13-14H,4-6H2,1H3. The van der Waals surface area contributed by atoms with Gasteiger partial charge < -0.3 is 19.8 Å². The van der Waals surface area contributed by atoms with Crippen LogP contribution in [0.3, 0.4) is 0 Å². The summed E-state index contributed by atoms with van der Waals surface area (Å²) in [6.45, 7) is 1.33. The molecule has 0 spiro atoms. The van der Waals surface area contributed by atoms with E-state index in [0.717, 1.165) is 11.8 Å².